The molecule has 2 aromatic heterocycles. The zero-order valence-electron chi connectivity index (χ0n) is 12.4. The van der Waals surface area contributed by atoms with E-state index in [9.17, 15) is 0 Å². The monoisotopic (exact) mass is 360 g/mol. The third-order valence-electron chi connectivity index (χ3n) is 3.45. The molecule has 1 aromatic carbocycles. The highest BCUT2D eigenvalue weighted by Crippen LogP contribution is 2.31. The lowest BCUT2D eigenvalue weighted by Gasteiger charge is -1.96. The Kier molecular flexibility index (Phi) is 4.59. The van der Waals surface area contributed by atoms with Crippen LogP contribution in [0.15, 0.2) is 40.1 Å². The van der Waals surface area contributed by atoms with E-state index in [0.29, 0.717) is 6.04 Å². The predicted octanol–water partition coefficient (Wildman–Crippen LogP) is 4.45. The molecule has 1 fully saturated rings. The molecular formula is C16H16N4S3. The minimum absolute atomic E-state index is 0.625. The number of thioether (sulfide) groups is 1. The molecule has 7 heteroatoms. The zero-order chi connectivity index (χ0) is 15.5. The molecule has 0 spiro atoms. The summed E-state index contributed by atoms with van der Waals surface area (Å²) < 4.78 is 1.01. The minimum Gasteiger partial charge on any atom is -0.357 e. The van der Waals surface area contributed by atoms with Crippen molar-refractivity contribution in [2.75, 3.05) is 5.32 Å². The maximum Gasteiger partial charge on any atom is 0.206 e. The summed E-state index contributed by atoms with van der Waals surface area (Å²) in [6.07, 6.45) is 3.42. The number of aromatic nitrogens is 3. The van der Waals surface area contributed by atoms with E-state index in [1.807, 2.05) is 6.07 Å². The van der Waals surface area contributed by atoms with Crippen LogP contribution in [-0.4, -0.2) is 21.2 Å². The lowest BCUT2D eigenvalue weighted by atomic mass is 10.2. The van der Waals surface area contributed by atoms with Crippen molar-refractivity contribution in [3.8, 4) is 0 Å². The van der Waals surface area contributed by atoms with Crippen molar-refractivity contribution >= 4 is 39.6 Å². The van der Waals surface area contributed by atoms with Gasteiger partial charge in [0.1, 0.15) is 0 Å². The molecule has 3 aromatic rings. The summed E-state index contributed by atoms with van der Waals surface area (Å²) in [5.74, 6) is 0.851. The van der Waals surface area contributed by atoms with Gasteiger partial charge in [0.2, 0.25) is 5.13 Å². The zero-order valence-corrected chi connectivity index (χ0v) is 14.9. The lowest BCUT2D eigenvalue weighted by Crippen LogP contribution is -1.99. The molecule has 118 valence electrons. The van der Waals surface area contributed by atoms with E-state index in [-0.39, 0.29) is 0 Å². The Bertz CT molecular complexity index is 764. The summed E-state index contributed by atoms with van der Waals surface area (Å²) >= 11 is 5.08. The van der Waals surface area contributed by atoms with Crippen molar-refractivity contribution in [2.24, 2.45) is 0 Å². The third kappa shape index (κ3) is 4.31. The van der Waals surface area contributed by atoms with E-state index < -0.39 is 0 Å². The maximum atomic E-state index is 4.72. The number of hydrogen-bond acceptors (Lipinski definition) is 7. The Morgan fingerprint density at radius 1 is 1.17 bits per heavy atom. The first kappa shape index (κ1) is 15.1. The van der Waals surface area contributed by atoms with Gasteiger partial charge in [0, 0.05) is 23.6 Å². The first-order chi connectivity index (χ1) is 11.3. The van der Waals surface area contributed by atoms with Gasteiger partial charge in [-0.15, -0.1) is 21.5 Å². The number of hydrogen-bond donors (Lipinski definition) is 1. The second-order valence-corrected chi connectivity index (χ2v) is 8.62. The van der Waals surface area contributed by atoms with Gasteiger partial charge in [0.25, 0.3) is 0 Å². The van der Waals surface area contributed by atoms with Crippen molar-refractivity contribution in [1.82, 2.24) is 15.2 Å². The van der Waals surface area contributed by atoms with Gasteiger partial charge in [-0.1, -0.05) is 53.4 Å². The Hall–Kier alpha value is -1.44. The average molecular weight is 361 g/mol. The summed E-state index contributed by atoms with van der Waals surface area (Å²) in [5, 5.41) is 16.1. The highest BCUT2D eigenvalue weighted by Gasteiger charge is 2.22. The molecule has 1 saturated carbocycles. The molecule has 1 N–H and O–H groups in total. The van der Waals surface area contributed by atoms with Crippen molar-refractivity contribution in [3.05, 3.63) is 52.0 Å². The summed E-state index contributed by atoms with van der Waals surface area (Å²) in [5.41, 5.74) is 2.43. The fourth-order valence-electron chi connectivity index (χ4n) is 2.13. The number of nitrogens with one attached hydrogen (secondary N) is 1. The summed E-state index contributed by atoms with van der Waals surface area (Å²) in [7, 11) is 0. The number of rotatable bonds is 7. The van der Waals surface area contributed by atoms with Crippen LogP contribution in [0.4, 0.5) is 5.13 Å². The number of thiazole rings is 1. The summed E-state index contributed by atoms with van der Waals surface area (Å²) in [6.45, 7) is 0. The van der Waals surface area contributed by atoms with Gasteiger partial charge in [0.05, 0.1) is 10.7 Å². The van der Waals surface area contributed by atoms with Gasteiger partial charge >= 0.3 is 0 Å². The molecule has 23 heavy (non-hydrogen) atoms. The van der Waals surface area contributed by atoms with Crippen LogP contribution < -0.4 is 5.32 Å². The standard InChI is InChI=1S/C16H16N4S3/c1-2-4-11(5-3-1)8-14-17-13(9-21-14)10-22-16-20-19-15(23-16)18-12-6-7-12/h1-5,9,12H,6-8,10H2,(H,18,19). The van der Waals surface area contributed by atoms with Crippen LogP contribution in [0.5, 0.6) is 0 Å². The Morgan fingerprint density at radius 2 is 2.04 bits per heavy atom. The molecule has 4 rings (SSSR count). The van der Waals surface area contributed by atoms with Gasteiger partial charge in [-0.05, 0) is 18.4 Å². The molecule has 1 aliphatic carbocycles. The quantitative estimate of drug-likeness (QED) is 0.631. The smallest absolute Gasteiger partial charge is 0.206 e. The minimum atomic E-state index is 0.625. The molecule has 0 amide bonds. The highest BCUT2D eigenvalue weighted by molar-refractivity contribution is 8.00. The van der Waals surface area contributed by atoms with Gasteiger partial charge in [-0.2, -0.15) is 0 Å². The number of benzene rings is 1. The molecule has 1 aliphatic rings. The predicted molar refractivity (Wildman–Crippen MR) is 97.5 cm³/mol. The van der Waals surface area contributed by atoms with Gasteiger partial charge < -0.3 is 5.32 Å². The van der Waals surface area contributed by atoms with Gasteiger partial charge in [-0.3, -0.25) is 0 Å². The van der Waals surface area contributed by atoms with E-state index >= 15 is 0 Å². The first-order valence-electron chi connectivity index (χ1n) is 7.55. The fourth-order valence-corrected chi connectivity index (χ4v) is 4.79. The molecule has 0 aliphatic heterocycles. The highest BCUT2D eigenvalue weighted by atomic mass is 32.2. The molecule has 0 atom stereocenters. The SMILES string of the molecule is c1ccc(Cc2nc(CSc3nnc(NC4CC4)s3)cs2)cc1. The van der Waals surface area contributed by atoms with Crippen molar-refractivity contribution in [1.29, 1.82) is 0 Å². The van der Waals surface area contributed by atoms with E-state index in [1.54, 1.807) is 34.4 Å². The van der Waals surface area contributed by atoms with Crippen LogP contribution in [-0.2, 0) is 12.2 Å². The normalized spacial score (nSPS) is 14.1. The van der Waals surface area contributed by atoms with E-state index in [0.717, 1.165) is 27.3 Å². The molecule has 0 radical (unpaired) electrons. The molecular weight excluding hydrogens is 344 g/mol. The third-order valence-corrected chi connectivity index (χ3v) is 6.37. The fraction of sp³-hybridized carbons (Fsp3) is 0.312. The first-order valence-corrected chi connectivity index (χ1v) is 10.2. The van der Waals surface area contributed by atoms with Gasteiger partial charge in [0.15, 0.2) is 4.34 Å². The van der Waals surface area contributed by atoms with Crippen LogP contribution in [0.1, 0.15) is 29.1 Å². The van der Waals surface area contributed by atoms with Crippen molar-refractivity contribution < 1.29 is 0 Å². The second-order valence-electron chi connectivity index (χ2n) is 5.48. The average Bonchev–Trinajstić information content (AvgIpc) is 3.08. The van der Waals surface area contributed by atoms with E-state index in [2.05, 4.69) is 45.2 Å². The molecule has 2 heterocycles. The van der Waals surface area contributed by atoms with E-state index in [4.69, 9.17) is 4.98 Å². The Balaban J connectivity index is 1.31. The largest absolute Gasteiger partial charge is 0.357 e. The van der Waals surface area contributed by atoms with Crippen LogP contribution in [0.25, 0.3) is 0 Å². The topological polar surface area (TPSA) is 50.7 Å². The summed E-state index contributed by atoms with van der Waals surface area (Å²) in [4.78, 5) is 4.72. The number of anilines is 1. The van der Waals surface area contributed by atoms with E-state index in [1.165, 1.54) is 23.4 Å². The van der Waals surface area contributed by atoms with Crippen LogP contribution in [0.2, 0.25) is 0 Å². The molecule has 4 nitrogen and oxygen atoms in total. The van der Waals surface area contributed by atoms with Crippen LogP contribution in [0, 0.1) is 0 Å². The Labute approximate surface area is 147 Å². The number of nitrogens with zero attached hydrogens (tertiary/aromatic N) is 3. The van der Waals surface area contributed by atoms with Gasteiger partial charge in [-0.25, -0.2) is 4.98 Å². The molecule has 0 bridgehead atoms. The van der Waals surface area contributed by atoms with Crippen molar-refractivity contribution in [3.63, 3.8) is 0 Å². The molecule has 0 unspecified atom stereocenters. The molecule has 0 saturated heterocycles. The Morgan fingerprint density at radius 3 is 2.87 bits per heavy atom. The lowest BCUT2D eigenvalue weighted by molar-refractivity contribution is 0.993. The van der Waals surface area contributed by atoms with Crippen molar-refractivity contribution in [2.45, 2.75) is 35.4 Å². The maximum absolute atomic E-state index is 4.72. The van der Waals surface area contributed by atoms with Crippen LogP contribution in [0.3, 0.4) is 0 Å². The second kappa shape index (κ2) is 6.98. The van der Waals surface area contributed by atoms with Crippen LogP contribution >= 0.6 is 34.4 Å². The summed E-state index contributed by atoms with van der Waals surface area (Å²) in [6, 6.07) is 11.1.